The Balaban J connectivity index is 2.45. The molecule has 6 nitrogen and oxygen atoms in total. The van der Waals surface area contributed by atoms with Crippen LogP contribution in [0, 0.1) is 13.8 Å². The van der Waals surface area contributed by atoms with Gasteiger partial charge in [-0.2, -0.15) is 5.10 Å². The summed E-state index contributed by atoms with van der Waals surface area (Å²) in [6.07, 6.45) is 0.435. The van der Waals surface area contributed by atoms with Gasteiger partial charge >= 0.3 is 5.97 Å². The summed E-state index contributed by atoms with van der Waals surface area (Å²) >= 11 is 0. The van der Waals surface area contributed by atoms with E-state index in [1.165, 1.54) is 0 Å². The van der Waals surface area contributed by atoms with E-state index >= 15 is 0 Å². The van der Waals surface area contributed by atoms with Gasteiger partial charge in [0.2, 0.25) is 0 Å². The fourth-order valence-corrected chi connectivity index (χ4v) is 4.88. The molecule has 1 unspecified atom stereocenters. The lowest BCUT2D eigenvalue weighted by atomic mass is 10.0. The zero-order valence-corrected chi connectivity index (χ0v) is 12.1. The van der Waals surface area contributed by atoms with Crippen molar-refractivity contribution < 1.29 is 18.3 Å². The number of carbonyl (C=O) groups is 1. The first-order valence-electron chi connectivity index (χ1n) is 6.12. The number of aliphatic carboxylic acids is 1. The van der Waals surface area contributed by atoms with E-state index < -0.39 is 21.3 Å². The van der Waals surface area contributed by atoms with Gasteiger partial charge in [-0.05, 0) is 27.2 Å². The van der Waals surface area contributed by atoms with Crippen LogP contribution in [0.15, 0.2) is 0 Å². The molecule has 2 heterocycles. The highest BCUT2D eigenvalue weighted by Gasteiger charge is 2.41. The number of hydrogen-bond acceptors (Lipinski definition) is 4. The third-order valence-electron chi connectivity index (χ3n) is 3.76. The van der Waals surface area contributed by atoms with Crippen molar-refractivity contribution in [3.05, 3.63) is 17.0 Å². The van der Waals surface area contributed by atoms with Gasteiger partial charge in [0.25, 0.3) is 0 Å². The van der Waals surface area contributed by atoms with E-state index in [9.17, 15) is 13.2 Å². The maximum atomic E-state index is 11.7. The molecule has 19 heavy (non-hydrogen) atoms. The summed E-state index contributed by atoms with van der Waals surface area (Å²) in [5.41, 5.74) is 1.52. The highest BCUT2D eigenvalue weighted by molar-refractivity contribution is 7.91. The minimum Gasteiger partial charge on any atom is -0.481 e. The van der Waals surface area contributed by atoms with Crippen LogP contribution in [0.25, 0.3) is 0 Å². The molecular formula is C12H18N2O4S. The lowest BCUT2D eigenvalue weighted by molar-refractivity contribution is -0.136. The average molecular weight is 286 g/mol. The smallest absolute Gasteiger partial charge is 0.307 e. The molecule has 1 N–H and O–H groups in total. The van der Waals surface area contributed by atoms with E-state index in [0.29, 0.717) is 17.7 Å². The molecular weight excluding hydrogens is 268 g/mol. The molecule has 1 aromatic rings. The lowest BCUT2D eigenvalue weighted by Crippen LogP contribution is -2.33. The summed E-state index contributed by atoms with van der Waals surface area (Å²) < 4.78 is 25.0. The minimum absolute atomic E-state index is 0.0640. The second-order valence-corrected chi connectivity index (χ2v) is 7.65. The highest BCUT2D eigenvalue weighted by Crippen LogP contribution is 2.32. The number of aryl methyl sites for hydroxylation is 1. The van der Waals surface area contributed by atoms with Crippen LogP contribution in [0.4, 0.5) is 0 Å². The Morgan fingerprint density at radius 1 is 1.47 bits per heavy atom. The molecule has 0 spiro atoms. The van der Waals surface area contributed by atoms with Gasteiger partial charge < -0.3 is 5.11 Å². The predicted octanol–water partition coefficient (Wildman–Crippen LogP) is 0.661. The quantitative estimate of drug-likeness (QED) is 0.881. The summed E-state index contributed by atoms with van der Waals surface area (Å²) in [5.74, 6) is -0.681. The Bertz CT molecular complexity index is 632. The monoisotopic (exact) mass is 286 g/mol. The fourth-order valence-electron chi connectivity index (χ4n) is 2.77. The van der Waals surface area contributed by atoms with Gasteiger partial charge in [-0.25, -0.2) is 8.42 Å². The van der Waals surface area contributed by atoms with Crippen LogP contribution in [0.5, 0.6) is 0 Å². The molecule has 0 aliphatic carbocycles. The van der Waals surface area contributed by atoms with Gasteiger partial charge in [0, 0.05) is 11.3 Å². The average Bonchev–Trinajstić information content (AvgIpc) is 2.70. The van der Waals surface area contributed by atoms with Crippen molar-refractivity contribution in [2.24, 2.45) is 0 Å². The maximum Gasteiger partial charge on any atom is 0.307 e. The topological polar surface area (TPSA) is 89.3 Å². The van der Waals surface area contributed by atoms with Crippen molar-refractivity contribution in [2.75, 3.05) is 11.5 Å². The van der Waals surface area contributed by atoms with E-state index in [-0.39, 0.29) is 17.9 Å². The first kappa shape index (κ1) is 14.0. The Morgan fingerprint density at radius 3 is 2.58 bits per heavy atom. The van der Waals surface area contributed by atoms with Crippen molar-refractivity contribution in [1.29, 1.82) is 0 Å². The normalized spacial score (nSPS) is 25.6. The third kappa shape index (κ3) is 2.51. The third-order valence-corrected chi connectivity index (χ3v) is 5.65. The molecule has 0 aromatic carbocycles. The second-order valence-electron chi connectivity index (χ2n) is 5.47. The number of aromatic nitrogens is 2. The molecule has 1 saturated heterocycles. The van der Waals surface area contributed by atoms with Gasteiger partial charge in [0.05, 0.1) is 29.2 Å². The fraction of sp³-hybridized carbons (Fsp3) is 0.667. The second kappa shape index (κ2) is 4.33. The van der Waals surface area contributed by atoms with Crippen molar-refractivity contribution in [3.63, 3.8) is 0 Å². The van der Waals surface area contributed by atoms with Crippen LogP contribution in [0.2, 0.25) is 0 Å². The number of rotatable bonds is 3. The zero-order valence-electron chi connectivity index (χ0n) is 11.3. The molecule has 1 aliphatic heterocycles. The van der Waals surface area contributed by atoms with Crippen LogP contribution in [-0.4, -0.2) is 40.8 Å². The number of carboxylic acids is 1. The number of nitrogens with zero attached hydrogens (tertiary/aromatic N) is 2. The molecule has 0 radical (unpaired) electrons. The maximum absolute atomic E-state index is 11.7. The first-order valence-corrected chi connectivity index (χ1v) is 7.94. The molecule has 1 aliphatic rings. The molecule has 0 bridgehead atoms. The van der Waals surface area contributed by atoms with E-state index in [4.69, 9.17) is 5.11 Å². The van der Waals surface area contributed by atoms with Gasteiger partial charge in [-0.15, -0.1) is 0 Å². The van der Waals surface area contributed by atoms with Gasteiger partial charge in [0.15, 0.2) is 9.84 Å². The van der Waals surface area contributed by atoms with E-state index in [1.54, 1.807) is 18.5 Å². The molecule has 1 fully saturated rings. The SMILES string of the molecule is Cc1nn(C2(C)CCS(=O)(=O)C2)c(C)c1CC(=O)O. The standard InChI is InChI=1S/C12H18N2O4S/c1-8-10(6-11(15)16)9(2)14(13-8)12(3)4-5-19(17,18)7-12/h4-7H2,1-3H3,(H,15,16). The lowest BCUT2D eigenvalue weighted by Gasteiger charge is -2.24. The van der Waals surface area contributed by atoms with Crippen molar-refractivity contribution in [3.8, 4) is 0 Å². The van der Waals surface area contributed by atoms with Crippen molar-refractivity contribution in [1.82, 2.24) is 9.78 Å². The predicted molar refractivity (Wildman–Crippen MR) is 70.0 cm³/mol. The molecule has 7 heteroatoms. The molecule has 2 rings (SSSR count). The van der Waals surface area contributed by atoms with Crippen LogP contribution in [0.3, 0.4) is 0 Å². The molecule has 106 valence electrons. The largest absolute Gasteiger partial charge is 0.481 e. The van der Waals surface area contributed by atoms with E-state index in [2.05, 4.69) is 5.10 Å². The highest BCUT2D eigenvalue weighted by atomic mass is 32.2. The van der Waals surface area contributed by atoms with E-state index in [0.717, 1.165) is 5.69 Å². The van der Waals surface area contributed by atoms with Gasteiger partial charge in [-0.1, -0.05) is 0 Å². The summed E-state index contributed by atoms with van der Waals surface area (Å²) in [6.45, 7) is 5.42. The molecule has 1 atom stereocenters. The van der Waals surface area contributed by atoms with Crippen molar-refractivity contribution >= 4 is 15.8 Å². The first-order chi connectivity index (χ1) is 8.65. The Morgan fingerprint density at radius 2 is 2.11 bits per heavy atom. The number of sulfone groups is 1. The van der Waals surface area contributed by atoms with E-state index in [1.807, 2.05) is 6.92 Å². The summed E-state index contributed by atoms with van der Waals surface area (Å²) in [6, 6.07) is 0. The Hall–Kier alpha value is -1.37. The van der Waals surface area contributed by atoms with Crippen LogP contribution in [0.1, 0.15) is 30.3 Å². The molecule has 0 amide bonds. The van der Waals surface area contributed by atoms with Crippen LogP contribution in [-0.2, 0) is 26.6 Å². The minimum atomic E-state index is -3.02. The zero-order chi connectivity index (χ0) is 14.4. The van der Waals surface area contributed by atoms with Gasteiger partial charge in [0.1, 0.15) is 0 Å². The summed E-state index contributed by atoms with van der Waals surface area (Å²) in [4.78, 5) is 10.9. The van der Waals surface area contributed by atoms with Crippen LogP contribution >= 0.6 is 0 Å². The number of hydrogen-bond donors (Lipinski definition) is 1. The Labute approximate surface area is 112 Å². The molecule has 1 aromatic heterocycles. The molecule has 0 saturated carbocycles. The van der Waals surface area contributed by atoms with Gasteiger partial charge in [-0.3, -0.25) is 9.48 Å². The van der Waals surface area contributed by atoms with Crippen LogP contribution < -0.4 is 0 Å². The van der Waals surface area contributed by atoms with Crippen molar-refractivity contribution in [2.45, 2.75) is 39.2 Å². The Kier molecular flexibility index (Phi) is 3.20. The number of carboxylic acid groups (broad SMARTS) is 1. The summed E-state index contributed by atoms with van der Waals surface area (Å²) in [5, 5.41) is 13.3. The summed E-state index contributed by atoms with van der Waals surface area (Å²) in [7, 11) is -3.02.